The van der Waals surface area contributed by atoms with Gasteiger partial charge in [-0.3, -0.25) is 24.3 Å². The van der Waals surface area contributed by atoms with E-state index in [1.807, 2.05) is 0 Å². The van der Waals surface area contributed by atoms with Gasteiger partial charge < -0.3 is 0 Å². The topological polar surface area (TPSA) is 83.3 Å². The number of H-pyrrole nitrogens is 1. The zero-order valence-corrected chi connectivity index (χ0v) is 10.6. The number of hydrogen-bond acceptors (Lipinski definition) is 5. The van der Waals surface area contributed by atoms with E-state index in [0.29, 0.717) is 5.82 Å². The van der Waals surface area contributed by atoms with Gasteiger partial charge in [0.1, 0.15) is 5.82 Å². The number of hydrogen-bond donors (Lipinski definition) is 1. The van der Waals surface area contributed by atoms with Crippen LogP contribution in [0.1, 0.15) is 5.56 Å². The highest BCUT2D eigenvalue weighted by atomic mass is 16.2. The molecule has 2 rings (SSSR count). The highest BCUT2D eigenvalue weighted by molar-refractivity contribution is 5.79. The summed E-state index contributed by atoms with van der Waals surface area (Å²) in [4.78, 5) is 29.4. The Labute approximate surface area is 108 Å². The van der Waals surface area contributed by atoms with Crippen LogP contribution in [0.25, 0.3) is 0 Å². The third kappa shape index (κ3) is 2.95. The molecule has 0 atom stereocenters. The number of anilines is 1. The molecule has 0 aromatic carbocycles. The molecule has 7 nitrogen and oxygen atoms in total. The zero-order chi connectivity index (χ0) is 13.8. The van der Waals surface area contributed by atoms with Gasteiger partial charge >= 0.3 is 5.69 Å². The smallest absolute Gasteiger partial charge is 0.292 e. The normalized spacial score (nSPS) is 10.8. The lowest BCUT2D eigenvalue weighted by molar-refractivity contribution is 0.766. The third-order valence-electron chi connectivity index (χ3n) is 2.57. The molecule has 0 aliphatic rings. The minimum Gasteiger partial charge on any atom is -0.292 e. The summed E-state index contributed by atoms with van der Waals surface area (Å²) in [5.74, 6) is 0.332. The summed E-state index contributed by atoms with van der Waals surface area (Å²) in [5, 5.41) is 5.56. The van der Waals surface area contributed by atoms with E-state index in [-0.39, 0.29) is 5.56 Å². The molecule has 2 aromatic heterocycles. The van der Waals surface area contributed by atoms with Crippen molar-refractivity contribution in [2.45, 2.75) is 0 Å². The summed E-state index contributed by atoms with van der Waals surface area (Å²) in [6, 6.07) is 4.90. The van der Waals surface area contributed by atoms with Crippen molar-refractivity contribution in [1.29, 1.82) is 0 Å². The first kappa shape index (κ1) is 12.7. The Morgan fingerprint density at radius 1 is 1.37 bits per heavy atom. The summed E-state index contributed by atoms with van der Waals surface area (Å²) in [6.07, 6.45) is 4.92. The van der Waals surface area contributed by atoms with E-state index >= 15 is 0 Å². The molecule has 0 aliphatic carbocycles. The summed E-state index contributed by atoms with van der Waals surface area (Å²) in [7, 11) is 3.05. The van der Waals surface area contributed by atoms with Crippen molar-refractivity contribution >= 4 is 12.0 Å². The number of nitrogens with one attached hydrogen (secondary N) is 1. The van der Waals surface area contributed by atoms with E-state index < -0.39 is 5.69 Å². The van der Waals surface area contributed by atoms with Crippen LogP contribution in [-0.2, 0) is 7.05 Å². The predicted molar refractivity (Wildman–Crippen MR) is 72.5 cm³/mol. The molecule has 2 heterocycles. The molecular formula is C12H13N5O2. The monoisotopic (exact) mass is 259 g/mol. The fourth-order valence-corrected chi connectivity index (χ4v) is 1.38. The van der Waals surface area contributed by atoms with E-state index in [9.17, 15) is 9.59 Å². The van der Waals surface area contributed by atoms with Crippen molar-refractivity contribution in [2.24, 2.45) is 12.1 Å². The highest BCUT2D eigenvalue weighted by Crippen LogP contribution is 2.02. The van der Waals surface area contributed by atoms with Gasteiger partial charge in [0.25, 0.3) is 5.56 Å². The maximum atomic E-state index is 11.5. The van der Waals surface area contributed by atoms with Crippen LogP contribution in [0.4, 0.5) is 5.82 Å². The van der Waals surface area contributed by atoms with Crippen molar-refractivity contribution in [1.82, 2.24) is 14.5 Å². The third-order valence-corrected chi connectivity index (χ3v) is 2.57. The van der Waals surface area contributed by atoms with Crippen LogP contribution in [-0.4, -0.2) is 27.8 Å². The highest BCUT2D eigenvalue weighted by Gasteiger charge is 2.03. The summed E-state index contributed by atoms with van der Waals surface area (Å²) in [5.41, 5.74) is 0.00574. The minimum atomic E-state index is -0.478. The largest absolute Gasteiger partial charge is 0.329 e. The zero-order valence-electron chi connectivity index (χ0n) is 10.6. The molecule has 0 fully saturated rings. The summed E-state index contributed by atoms with van der Waals surface area (Å²) >= 11 is 0. The van der Waals surface area contributed by atoms with Crippen LogP contribution < -0.4 is 16.3 Å². The standard InChI is InChI=1S/C12H13N5O2/c1-16-11(18)7-10(15-12(16)19)17(2)14-8-9-3-5-13-6-4-9/h3-8H,1-2H3,(H,15,19)/b14-8+. The fourth-order valence-electron chi connectivity index (χ4n) is 1.38. The van der Waals surface area contributed by atoms with Gasteiger partial charge in [-0.15, -0.1) is 0 Å². The second kappa shape index (κ2) is 5.30. The Bertz CT molecular complexity index is 671. The van der Waals surface area contributed by atoms with Crippen LogP contribution in [0.15, 0.2) is 45.3 Å². The molecule has 0 bridgehead atoms. The maximum Gasteiger partial charge on any atom is 0.329 e. The van der Waals surface area contributed by atoms with Gasteiger partial charge in [0.05, 0.1) is 6.21 Å². The average molecular weight is 259 g/mol. The Morgan fingerprint density at radius 2 is 2.05 bits per heavy atom. The molecule has 7 heteroatoms. The van der Waals surface area contributed by atoms with Gasteiger partial charge in [0, 0.05) is 32.6 Å². The van der Waals surface area contributed by atoms with Crippen LogP contribution in [0.3, 0.4) is 0 Å². The molecule has 2 aromatic rings. The van der Waals surface area contributed by atoms with Crippen LogP contribution in [0, 0.1) is 0 Å². The van der Waals surface area contributed by atoms with Crippen molar-refractivity contribution in [2.75, 3.05) is 12.1 Å². The molecule has 19 heavy (non-hydrogen) atoms. The lowest BCUT2D eigenvalue weighted by atomic mass is 10.3. The first-order valence-electron chi connectivity index (χ1n) is 5.56. The molecule has 1 N–H and O–H groups in total. The summed E-state index contributed by atoms with van der Waals surface area (Å²) in [6.45, 7) is 0. The van der Waals surface area contributed by atoms with Crippen molar-refractivity contribution < 1.29 is 0 Å². The molecule has 0 unspecified atom stereocenters. The van der Waals surface area contributed by atoms with Gasteiger partial charge in [-0.1, -0.05) is 0 Å². The van der Waals surface area contributed by atoms with Gasteiger partial charge in [-0.05, 0) is 17.7 Å². The van der Waals surface area contributed by atoms with E-state index in [1.165, 1.54) is 18.1 Å². The second-order valence-corrected chi connectivity index (χ2v) is 3.91. The first-order valence-corrected chi connectivity index (χ1v) is 5.56. The second-order valence-electron chi connectivity index (χ2n) is 3.91. The maximum absolute atomic E-state index is 11.5. The molecule has 0 saturated heterocycles. The first-order chi connectivity index (χ1) is 9.08. The molecule has 0 radical (unpaired) electrons. The molecule has 0 amide bonds. The number of hydrazone groups is 1. The number of rotatable bonds is 3. The number of pyridine rings is 1. The average Bonchev–Trinajstić information content (AvgIpc) is 2.42. The molecular weight excluding hydrogens is 246 g/mol. The quantitative estimate of drug-likeness (QED) is 0.618. The number of aromatic nitrogens is 3. The van der Waals surface area contributed by atoms with Crippen LogP contribution in [0.2, 0.25) is 0 Å². The molecule has 0 saturated carbocycles. The van der Waals surface area contributed by atoms with E-state index in [1.54, 1.807) is 37.8 Å². The number of aromatic amines is 1. The lowest BCUT2D eigenvalue weighted by Gasteiger charge is -2.12. The molecule has 0 spiro atoms. The Morgan fingerprint density at radius 3 is 2.68 bits per heavy atom. The minimum absolute atomic E-state index is 0.332. The Kier molecular flexibility index (Phi) is 3.56. The van der Waals surface area contributed by atoms with Crippen LogP contribution in [0.5, 0.6) is 0 Å². The number of nitrogens with zero attached hydrogens (tertiary/aromatic N) is 4. The summed E-state index contributed by atoms with van der Waals surface area (Å²) < 4.78 is 0.990. The Hall–Kier alpha value is -2.70. The van der Waals surface area contributed by atoms with E-state index in [2.05, 4.69) is 15.1 Å². The lowest BCUT2D eigenvalue weighted by Crippen LogP contribution is -2.33. The molecule has 0 aliphatic heterocycles. The van der Waals surface area contributed by atoms with Crippen LogP contribution >= 0.6 is 0 Å². The van der Waals surface area contributed by atoms with E-state index in [4.69, 9.17) is 0 Å². The molecule has 98 valence electrons. The van der Waals surface area contributed by atoms with Gasteiger partial charge in [-0.25, -0.2) is 4.79 Å². The van der Waals surface area contributed by atoms with Gasteiger partial charge in [-0.2, -0.15) is 5.10 Å². The predicted octanol–water partition coefficient (Wildman–Crippen LogP) is -0.0611. The van der Waals surface area contributed by atoms with Gasteiger partial charge in [0.2, 0.25) is 0 Å². The SMILES string of the molecule is CN(/N=C/c1ccncc1)c1cc(=O)n(C)c(=O)[nH]1. The Balaban J connectivity index is 2.26. The van der Waals surface area contributed by atoms with Crippen molar-refractivity contribution in [3.8, 4) is 0 Å². The van der Waals surface area contributed by atoms with Gasteiger partial charge in [0.15, 0.2) is 0 Å². The van der Waals surface area contributed by atoms with E-state index in [0.717, 1.165) is 10.1 Å². The van der Waals surface area contributed by atoms with Crippen molar-refractivity contribution in [3.05, 3.63) is 57.0 Å². The van der Waals surface area contributed by atoms with Crippen molar-refractivity contribution in [3.63, 3.8) is 0 Å². The fraction of sp³-hybridized carbons (Fsp3) is 0.167.